The summed E-state index contributed by atoms with van der Waals surface area (Å²) in [6.07, 6.45) is 2.99. The quantitative estimate of drug-likeness (QED) is 0.409. The number of aryl methyl sites for hydroxylation is 1. The monoisotopic (exact) mass is 401 g/mol. The zero-order valence-electron chi connectivity index (χ0n) is 16.4. The standard InChI is InChI=1S/C23H19N3O4/c1-14-4-6-16(7-5-14)20(27)18-19(15-8-10-17(30-2)11-9-15)26(22(29)21(18)28)23-24-12-3-13-25-23/h3-13,19,27H,1-2H3/b20-18-. The Balaban J connectivity index is 1.92. The van der Waals surface area contributed by atoms with Crippen molar-refractivity contribution in [1.82, 2.24) is 9.97 Å². The molecule has 1 fully saturated rings. The number of amides is 1. The van der Waals surface area contributed by atoms with Gasteiger partial charge < -0.3 is 9.84 Å². The van der Waals surface area contributed by atoms with E-state index in [1.165, 1.54) is 17.3 Å². The van der Waals surface area contributed by atoms with Crippen molar-refractivity contribution in [2.45, 2.75) is 13.0 Å². The van der Waals surface area contributed by atoms with E-state index in [9.17, 15) is 14.7 Å². The normalized spacial score (nSPS) is 17.9. The van der Waals surface area contributed by atoms with Gasteiger partial charge in [-0.25, -0.2) is 9.97 Å². The summed E-state index contributed by atoms with van der Waals surface area (Å²) in [4.78, 5) is 35.4. The Morgan fingerprint density at radius 3 is 2.23 bits per heavy atom. The molecule has 7 nitrogen and oxygen atoms in total. The van der Waals surface area contributed by atoms with E-state index >= 15 is 0 Å². The number of benzene rings is 2. The van der Waals surface area contributed by atoms with Gasteiger partial charge >= 0.3 is 5.91 Å². The molecule has 0 radical (unpaired) electrons. The van der Waals surface area contributed by atoms with E-state index in [0.29, 0.717) is 16.9 Å². The van der Waals surface area contributed by atoms with Crippen molar-refractivity contribution in [3.8, 4) is 5.75 Å². The minimum absolute atomic E-state index is 0.0125. The third-order valence-corrected chi connectivity index (χ3v) is 4.97. The van der Waals surface area contributed by atoms with E-state index in [1.54, 1.807) is 49.6 Å². The molecule has 150 valence electrons. The van der Waals surface area contributed by atoms with Gasteiger partial charge in [-0.2, -0.15) is 0 Å². The van der Waals surface area contributed by atoms with Crippen LogP contribution in [-0.4, -0.2) is 33.9 Å². The van der Waals surface area contributed by atoms with Crippen LogP contribution in [0, 0.1) is 6.92 Å². The lowest BCUT2D eigenvalue weighted by Crippen LogP contribution is -2.31. The van der Waals surface area contributed by atoms with Gasteiger partial charge in [0.2, 0.25) is 5.95 Å². The van der Waals surface area contributed by atoms with Crippen LogP contribution in [0.4, 0.5) is 5.95 Å². The SMILES string of the molecule is COc1ccc(C2/C(=C(/O)c3ccc(C)cc3)C(=O)C(=O)N2c2ncccn2)cc1. The number of aliphatic hydroxyl groups excluding tert-OH is 1. The Bertz CT molecular complexity index is 1120. The predicted octanol–water partition coefficient (Wildman–Crippen LogP) is 3.42. The molecule has 3 aromatic rings. The highest BCUT2D eigenvalue weighted by molar-refractivity contribution is 6.51. The second-order valence-corrected chi connectivity index (χ2v) is 6.86. The highest BCUT2D eigenvalue weighted by atomic mass is 16.5. The lowest BCUT2D eigenvalue weighted by atomic mass is 9.95. The molecule has 1 atom stereocenters. The highest BCUT2D eigenvalue weighted by Crippen LogP contribution is 2.41. The van der Waals surface area contributed by atoms with Gasteiger partial charge in [0.15, 0.2) is 0 Å². The summed E-state index contributed by atoms with van der Waals surface area (Å²) in [5, 5.41) is 11.0. The lowest BCUT2D eigenvalue weighted by Gasteiger charge is -2.23. The van der Waals surface area contributed by atoms with Gasteiger partial charge in [0, 0.05) is 18.0 Å². The van der Waals surface area contributed by atoms with Gasteiger partial charge in [0.05, 0.1) is 18.7 Å². The second-order valence-electron chi connectivity index (χ2n) is 6.86. The van der Waals surface area contributed by atoms with Crippen LogP contribution in [0.5, 0.6) is 5.75 Å². The number of ether oxygens (including phenoxy) is 1. The zero-order valence-corrected chi connectivity index (χ0v) is 16.4. The molecule has 0 aliphatic carbocycles. The maximum Gasteiger partial charge on any atom is 0.302 e. The molecule has 0 spiro atoms. The summed E-state index contributed by atoms with van der Waals surface area (Å²) in [5.74, 6) is -1.11. The number of Topliss-reactive ketones (excluding diaryl/α,β-unsaturated/α-hetero) is 1. The number of carbonyl (C=O) groups is 2. The fourth-order valence-electron chi connectivity index (χ4n) is 3.42. The largest absolute Gasteiger partial charge is 0.507 e. The first-order chi connectivity index (χ1) is 14.5. The first kappa shape index (κ1) is 19.3. The van der Waals surface area contributed by atoms with Gasteiger partial charge in [-0.15, -0.1) is 0 Å². The van der Waals surface area contributed by atoms with Crippen LogP contribution in [0.3, 0.4) is 0 Å². The number of nitrogens with zero attached hydrogens (tertiary/aromatic N) is 3. The number of anilines is 1. The minimum atomic E-state index is -0.875. The zero-order chi connectivity index (χ0) is 21.3. The molecule has 0 saturated carbocycles. The average molecular weight is 401 g/mol. The third-order valence-electron chi connectivity index (χ3n) is 4.97. The number of carbonyl (C=O) groups excluding carboxylic acids is 2. The van der Waals surface area contributed by atoms with Gasteiger partial charge in [-0.3, -0.25) is 14.5 Å². The number of methoxy groups -OCH3 is 1. The van der Waals surface area contributed by atoms with E-state index in [1.807, 2.05) is 19.1 Å². The lowest BCUT2D eigenvalue weighted by molar-refractivity contribution is -0.132. The molecule has 1 aromatic heterocycles. The van der Waals surface area contributed by atoms with Crippen molar-refractivity contribution in [3.05, 3.63) is 89.3 Å². The summed E-state index contributed by atoms with van der Waals surface area (Å²) in [6.45, 7) is 1.92. The van der Waals surface area contributed by atoms with E-state index < -0.39 is 17.7 Å². The number of hydrogen-bond donors (Lipinski definition) is 1. The molecule has 7 heteroatoms. The molecule has 1 aliphatic rings. The summed E-state index contributed by atoms with van der Waals surface area (Å²) in [5.41, 5.74) is 2.07. The van der Waals surface area contributed by atoms with Gasteiger partial charge in [0.1, 0.15) is 11.5 Å². The first-order valence-electron chi connectivity index (χ1n) is 9.30. The molecular weight excluding hydrogens is 382 g/mol. The maximum absolute atomic E-state index is 13.0. The van der Waals surface area contributed by atoms with Crippen LogP contribution in [0.25, 0.3) is 5.76 Å². The second kappa shape index (κ2) is 7.79. The van der Waals surface area contributed by atoms with Crippen molar-refractivity contribution < 1.29 is 19.4 Å². The van der Waals surface area contributed by atoms with Crippen LogP contribution in [0.2, 0.25) is 0 Å². The van der Waals surface area contributed by atoms with Crippen LogP contribution >= 0.6 is 0 Å². The molecule has 2 heterocycles. The van der Waals surface area contributed by atoms with Gasteiger partial charge in [-0.1, -0.05) is 42.0 Å². The van der Waals surface area contributed by atoms with E-state index in [2.05, 4.69) is 9.97 Å². The van der Waals surface area contributed by atoms with E-state index in [-0.39, 0.29) is 17.3 Å². The molecule has 2 aromatic carbocycles. The summed E-state index contributed by atoms with van der Waals surface area (Å²) < 4.78 is 5.21. The number of aromatic nitrogens is 2. The highest BCUT2D eigenvalue weighted by Gasteiger charge is 2.48. The fourth-order valence-corrected chi connectivity index (χ4v) is 3.42. The van der Waals surface area contributed by atoms with E-state index in [0.717, 1.165) is 5.56 Å². The number of hydrogen-bond acceptors (Lipinski definition) is 6. The van der Waals surface area contributed by atoms with Crippen LogP contribution in [0.1, 0.15) is 22.7 Å². The molecule has 1 saturated heterocycles. The molecule has 4 rings (SSSR count). The van der Waals surface area contributed by atoms with Crippen LogP contribution in [-0.2, 0) is 9.59 Å². The Morgan fingerprint density at radius 1 is 1.00 bits per heavy atom. The molecule has 30 heavy (non-hydrogen) atoms. The predicted molar refractivity (Wildman–Crippen MR) is 111 cm³/mol. The number of ketones is 1. The Labute approximate surface area is 173 Å². The minimum Gasteiger partial charge on any atom is -0.507 e. The Morgan fingerprint density at radius 2 is 1.63 bits per heavy atom. The summed E-state index contributed by atoms with van der Waals surface area (Å²) in [6, 6.07) is 14.8. The van der Waals surface area contributed by atoms with Crippen molar-refractivity contribution in [1.29, 1.82) is 0 Å². The summed E-state index contributed by atoms with van der Waals surface area (Å²) in [7, 11) is 1.55. The first-order valence-corrected chi connectivity index (χ1v) is 9.30. The molecular formula is C23H19N3O4. The topological polar surface area (TPSA) is 92.6 Å². The van der Waals surface area contributed by atoms with Gasteiger partial charge in [0.25, 0.3) is 5.78 Å². The Kier molecular flexibility index (Phi) is 5.02. The van der Waals surface area contributed by atoms with Crippen LogP contribution < -0.4 is 9.64 Å². The van der Waals surface area contributed by atoms with Crippen molar-refractivity contribution in [3.63, 3.8) is 0 Å². The maximum atomic E-state index is 13.0. The van der Waals surface area contributed by atoms with Crippen molar-refractivity contribution in [2.24, 2.45) is 0 Å². The summed E-state index contributed by atoms with van der Waals surface area (Å²) >= 11 is 0. The smallest absolute Gasteiger partial charge is 0.302 e. The molecule has 1 N–H and O–H groups in total. The number of rotatable bonds is 4. The number of aliphatic hydroxyl groups is 1. The molecule has 1 aliphatic heterocycles. The van der Waals surface area contributed by atoms with Crippen molar-refractivity contribution in [2.75, 3.05) is 12.0 Å². The molecule has 0 bridgehead atoms. The Hall–Kier alpha value is -4.00. The third kappa shape index (κ3) is 3.30. The van der Waals surface area contributed by atoms with Crippen LogP contribution in [0.15, 0.2) is 72.6 Å². The van der Waals surface area contributed by atoms with Crippen molar-refractivity contribution >= 4 is 23.4 Å². The van der Waals surface area contributed by atoms with E-state index in [4.69, 9.17) is 4.74 Å². The molecule has 1 amide bonds. The average Bonchev–Trinajstić information content (AvgIpc) is 3.05. The fraction of sp³-hybridized carbons (Fsp3) is 0.130. The molecule has 1 unspecified atom stereocenters. The van der Waals surface area contributed by atoms with Gasteiger partial charge in [-0.05, 0) is 30.7 Å².